The molecule has 4 heterocycles. The van der Waals surface area contributed by atoms with E-state index in [1.54, 1.807) is 34.5 Å². The first-order valence-electron chi connectivity index (χ1n) is 13.8. The van der Waals surface area contributed by atoms with Crippen LogP contribution in [0.25, 0.3) is 16.6 Å². The molecule has 2 aromatic carbocycles. The molecule has 1 unspecified atom stereocenters. The minimum Gasteiger partial charge on any atom is -0.316 e. The first-order chi connectivity index (χ1) is 19.6. The second kappa shape index (κ2) is 10.1. The van der Waals surface area contributed by atoms with Crippen LogP contribution in [0.1, 0.15) is 43.0 Å². The lowest BCUT2D eigenvalue weighted by atomic mass is 9.73. The van der Waals surface area contributed by atoms with E-state index in [2.05, 4.69) is 41.4 Å². The predicted molar refractivity (Wildman–Crippen MR) is 159 cm³/mol. The number of rotatable bonds is 7. The zero-order chi connectivity index (χ0) is 28.9. The van der Waals surface area contributed by atoms with Gasteiger partial charge in [-0.2, -0.15) is 14.5 Å². The largest absolute Gasteiger partial charge is 0.316 e. The standard InChI is InChI=1S/C31H34N6O3S/c1-22(2)36-20-27(18-32-36)41(39,40)35-13-12-31(21-35,16-24-8-6-5-7-9-24)28-15-25-17-33-37(29(25)14-23(28)3)26-10-11-30(38)34(4)19-26/h5-11,14-15,17-20,22H,12-13,16,21H2,1-4H3. The fraction of sp³-hybridized carbons (Fsp3) is 0.323. The SMILES string of the molecule is Cc1cc2c(cnn2-c2ccc(=O)n(C)c2)cc1C1(Cc2ccccc2)CCN(S(=O)(=O)c2cnn(C(C)C)c2)C1. The van der Waals surface area contributed by atoms with Gasteiger partial charge in [0.15, 0.2) is 0 Å². The Bertz CT molecular complexity index is 1910. The Kier molecular flexibility index (Phi) is 6.70. The van der Waals surface area contributed by atoms with Crippen LogP contribution in [0.3, 0.4) is 0 Å². The number of hydrogen-bond donors (Lipinski definition) is 0. The van der Waals surface area contributed by atoms with Gasteiger partial charge in [-0.1, -0.05) is 30.3 Å². The molecule has 6 rings (SSSR count). The number of benzene rings is 2. The zero-order valence-corrected chi connectivity index (χ0v) is 24.5. The van der Waals surface area contributed by atoms with Crippen molar-refractivity contribution in [1.29, 1.82) is 0 Å². The Morgan fingerprint density at radius 3 is 2.49 bits per heavy atom. The van der Waals surface area contributed by atoms with E-state index in [0.29, 0.717) is 25.9 Å². The van der Waals surface area contributed by atoms with Crippen LogP contribution in [0.2, 0.25) is 0 Å². The Balaban J connectivity index is 1.43. The molecule has 41 heavy (non-hydrogen) atoms. The van der Waals surface area contributed by atoms with E-state index in [4.69, 9.17) is 0 Å². The fourth-order valence-electron chi connectivity index (χ4n) is 6.03. The fourth-order valence-corrected chi connectivity index (χ4v) is 7.50. The first kappa shape index (κ1) is 27.2. The number of aryl methyl sites for hydroxylation is 2. The van der Waals surface area contributed by atoms with E-state index in [1.807, 2.05) is 42.9 Å². The minimum atomic E-state index is -3.71. The normalized spacial score (nSPS) is 18.1. The Morgan fingerprint density at radius 1 is 1.00 bits per heavy atom. The summed E-state index contributed by atoms with van der Waals surface area (Å²) in [6.07, 6.45) is 8.10. The van der Waals surface area contributed by atoms with Crippen molar-refractivity contribution in [2.45, 2.75) is 50.0 Å². The molecule has 1 aliphatic rings. The van der Waals surface area contributed by atoms with Crippen LogP contribution < -0.4 is 5.56 Å². The Hall–Kier alpha value is -4.02. The highest BCUT2D eigenvalue weighted by molar-refractivity contribution is 7.89. The van der Waals surface area contributed by atoms with Crippen molar-refractivity contribution in [1.82, 2.24) is 28.4 Å². The van der Waals surface area contributed by atoms with Gasteiger partial charge in [-0.15, -0.1) is 0 Å². The molecule has 9 nitrogen and oxygen atoms in total. The molecule has 1 fully saturated rings. The third kappa shape index (κ3) is 4.81. The molecule has 5 aromatic rings. The molecule has 3 aromatic heterocycles. The first-order valence-corrected chi connectivity index (χ1v) is 15.3. The molecule has 1 saturated heterocycles. The summed E-state index contributed by atoms with van der Waals surface area (Å²) < 4.78 is 34.3. The number of fused-ring (bicyclic) bond motifs is 1. The van der Waals surface area contributed by atoms with Gasteiger partial charge in [0, 0.05) is 55.4 Å². The highest BCUT2D eigenvalue weighted by atomic mass is 32.2. The third-order valence-corrected chi connectivity index (χ3v) is 10.0. The number of hydrogen-bond acceptors (Lipinski definition) is 5. The van der Waals surface area contributed by atoms with Gasteiger partial charge in [0.1, 0.15) is 4.90 Å². The van der Waals surface area contributed by atoms with Gasteiger partial charge in [0.25, 0.3) is 0 Å². The maximum atomic E-state index is 13.8. The number of pyridine rings is 1. The second-order valence-corrected chi connectivity index (χ2v) is 13.3. The van der Waals surface area contributed by atoms with Gasteiger partial charge in [-0.25, -0.2) is 13.1 Å². The zero-order valence-electron chi connectivity index (χ0n) is 23.7. The van der Waals surface area contributed by atoms with Crippen LogP contribution in [0.5, 0.6) is 0 Å². The molecular formula is C31H34N6O3S. The minimum absolute atomic E-state index is 0.0748. The van der Waals surface area contributed by atoms with Crippen molar-refractivity contribution in [2.24, 2.45) is 7.05 Å². The van der Waals surface area contributed by atoms with E-state index in [9.17, 15) is 13.2 Å². The van der Waals surface area contributed by atoms with Crippen LogP contribution in [0, 0.1) is 6.92 Å². The van der Waals surface area contributed by atoms with Crippen molar-refractivity contribution >= 4 is 20.9 Å². The molecule has 0 saturated carbocycles. The lowest BCUT2D eigenvalue weighted by Gasteiger charge is -2.32. The van der Waals surface area contributed by atoms with Crippen LogP contribution in [0.15, 0.2) is 89.1 Å². The maximum Gasteiger partial charge on any atom is 0.250 e. The number of aromatic nitrogens is 5. The summed E-state index contributed by atoms with van der Waals surface area (Å²) in [7, 11) is -1.99. The van der Waals surface area contributed by atoms with Crippen LogP contribution in [0.4, 0.5) is 0 Å². The number of nitrogens with zero attached hydrogens (tertiary/aromatic N) is 6. The predicted octanol–water partition coefficient (Wildman–Crippen LogP) is 4.39. The summed E-state index contributed by atoms with van der Waals surface area (Å²) in [5, 5.41) is 9.90. The summed E-state index contributed by atoms with van der Waals surface area (Å²) in [4.78, 5) is 12.2. The van der Waals surface area contributed by atoms with Gasteiger partial charge in [-0.05, 0) is 68.5 Å². The summed E-state index contributed by atoms with van der Waals surface area (Å²) in [5.41, 5.74) is 4.61. The summed E-state index contributed by atoms with van der Waals surface area (Å²) in [5.74, 6) is 0. The van der Waals surface area contributed by atoms with Gasteiger partial charge >= 0.3 is 0 Å². The van der Waals surface area contributed by atoms with Crippen LogP contribution in [-0.4, -0.2) is 49.9 Å². The van der Waals surface area contributed by atoms with Crippen molar-refractivity contribution < 1.29 is 8.42 Å². The average Bonchev–Trinajstić information content (AvgIpc) is 3.70. The highest BCUT2D eigenvalue weighted by Crippen LogP contribution is 2.42. The highest BCUT2D eigenvalue weighted by Gasteiger charge is 2.45. The molecule has 0 amide bonds. The van der Waals surface area contributed by atoms with Gasteiger partial charge < -0.3 is 4.57 Å². The van der Waals surface area contributed by atoms with E-state index < -0.39 is 15.4 Å². The molecule has 0 spiro atoms. The van der Waals surface area contributed by atoms with E-state index in [0.717, 1.165) is 27.7 Å². The lowest BCUT2D eigenvalue weighted by Crippen LogP contribution is -2.36. The molecule has 0 radical (unpaired) electrons. The van der Waals surface area contributed by atoms with E-state index in [1.165, 1.54) is 22.4 Å². The molecule has 0 N–H and O–H groups in total. The smallest absolute Gasteiger partial charge is 0.250 e. The van der Waals surface area contributed by atoms with Crippen molar-refractivity contribution in [2.75, 3.05) is 13.1 Å². The average molecular weight is 571 g/mol. The Morgan fingerprint density at radius 2 is 1.78 bits per heavy atom. The molecule has 10 heteroatoms. The molecule has 1 aliphatic heterocycles. The van der Waals surface area contributed by atoms with Gasteiger partial charge in [0.05, 0.1) is 23.6 Å². The molecule has 1 atom stereocenters. The molecule has 0 bridgehead atoms. The lowest BCUT2D eigenvalue weighted by molar-refractivity contribution is 0.413. The van der Waals surface area contributed by atoms with Crippen molar-refractivity contribution in [3.05, 3.63) is 106 Å². The van der Waals surface area contributed by atoms with Crippen molar-refractivity contribution in [3.8, 4) is 5.69 Å². The molecule has 0 aliphatic carbocycles. The van der Waals surface area contributed by atoms with Crippen molar-refractivity contribution in [3.63, 3.8) is 0 Å². The van der Waals surface area contributed by atoms with Crippen LogP contribution >= 0.6 is 0 Å². The third-order valence-electron chi connectivity index (χ3n) is 8.25. The maximum absolute atomic E-state index is 13.8. The Labute approximate surface area is 239 Å². The summed E-state index contributed by atoms with van der Waals surface area (Å²) in [6, 6.07) is 18.0. The molecule has 212 valence electrons. The molecular weight excluding hydrogens is 536 g/mol. The number of sulfonamides is 1. The second-order valence-electron chi connectivity index (χ2n) is 11.4. The van der Waals surface area contributed by atoms with E-state index >= 15 is 0 Å². The summed E-state index contributed by atoms with van der Waals surface area (Å²) >= 11 is 0. The van der Waals surface area contributed by atoms with Gasteiger partial charge in [0.2, 0.25) is 15.6 Å². The monoisotopic (exact) mass is 570 g/mol. The van der Waals surface area contributed by atoms with Gasteiger partial charge in [-0.3, -0.25) is 9.48 Å². The summed E-state index contributed by atoms with van der Waals surface area (Å²) in [6.45, 7) is 6.84. The quantitative estimate of drug-likeness (QED) is 0.289. The van der Waals surface area contributed by atoms with E-state index in [-0.39, 0.29) is 16.5 Å². The topological polar surface area (TPSA) is 95.0 Å². The van der Waals surface area contributed by atoms with Crippen LogP contribution in [-0.2, 0) is 28.9 Å².